The molecule has 1 aromatic rings. The molecule has 0 aromatic heterocycles. The average Bonchev–Trinajstić information content (AvgIpc) is 2.63. The summed E-state index contributed by atoms with van der Waals surface area (Å²) in [6.45, 7) is -0.875. The number of aliphatic hydroxyl groups excluding tert-OH is 6. The van der Waals surface area contributed by atoms with Crippen molar-refractivity contribution in [3.05, 3.63) is 35.9 Å². The van der Waals surface area contributed by atoms with Crippen molar-refractivity contribution in [3.63, 3.8) is 0 Å². The normalized spacial score (nSPS) is 20.0. The van der Waals surface area contributed by atoms with Crippen molar-refractivity contribution in [1.29, 1.82) is 0 Å². The van der Waals surface area contributed by atoms with Gasteiger partial charge >= 0.3 is 0 Å². The molecule has 0 radical (unpaired) electrons. The van der Waals surface area contributed by atoms with Crippen molar-refractivity contribution in [2.75, 3.05) is 6.61 Å². The van der Waals surface area contributed by atoms with Crippen molar-refractivity contribution in [2.24, 2.45) is 5.73 Å². The Labute approximate surface area is 134 Å². The Bertz CT molecular complexity index is 504. The standard InChI is InChI=1S/C15H23NO7/c16-9(6-8-4-2-1-3-5-8)11(19)13(21)15(23)14(22)12(20)10(18)7-17/h1-5,9-10,12-15,17-18,20-23H,6-7,16H2/t9-,10+,12+,13?,14-,15+/m0/s1/i/hD. The maximum atomic E-state index is 12.2. The highest BCUT2D eigenvalue weighted by atomic mass is 16.4. The summed E-state index contributed by atoms with van der Waals surface area (Å²) < 4.78 is 7.22. The number of Topliss-reactive ketones (excluding diaryl/α,β-unsaturated/α-hetero) is 1. The summed E-state index contributed by atoms with van der Waals surface area (Å²) in [7, 11) is 0. The van der Waals surface area contributed by atoms with E-state index in [1.54, 1.807) is 30.3 Å². The van der Waals surface area contributed by atoms with Gasteiger partial charge in [0.2, 0.25) is 0 Å². The molecule has 0 fully saturated rings. The van der Waals surface area contributed by atoms with Crippen molar-refractivity contribution < 1.29 is 36.8 Å². The quantitative estimate of drug-likeness (QED) is 0.237. The zero-order valence-corrected chi connectivity index (χ0v) is 12.4. The lowest BCUT2D eigenvalue weighted by Crippen LogP contribution is -2.54. The molecular formula is C15H23NO7. The van der Waals surface area contributed by atoms with Gasteiger partial charge in [0.1, 0.15) is 31.9 Å². The second-order valence-electron chi connectivity index (χ2n) is 5.31. The lowest BCUT2D eigenvalue weighted by atomic mass is 9.92. The molecule has 0 aliphatic heterocycles. The molecular weight excluding hydrogens is 306 g/mol. The largest absolute Gasteiger partial charge is 0.394 e. The molecule has 1 aromatic carbocycles. The van der Waals surface area contributed by atoms with Crippen molar-refractivity contribution in [1.82, 2.24) is 0 Å². The number of carbonyl (C=O) groups excluding carboxylic acids is 1. The summed E-state index contributed by atoms with van der Waals surface area (Å²) in [6, 6.07) is 7.54. The predicted octanol–water partition coefficient (Wildman–Crippen LogP) is -3.08. The maximum absolute atomic E-state index is 12.2. The Balaban J connectivity index is 2.76. The Morgan fingerprint density at radius 2 is 1.65 bits per heavy atom. The molecule has 6 atom stereocenters. The van der Waals surface area contributed by atoms with Crippen molar-refractivity contribution >= 4 is 5.78 Å². The van der Waals surface area contributed by atoms with Crippen LogP contribution in [0.3, 0.4) is 0 Å². The van der Waals surface area contributed by atoms with Gasteiger partial charge in [0.05, 0.1) is 12.6 Å². The summed E-state index contributed by atoms with van der Waals surface area (Å²) in [5.41, 5.74) is 2.70. The molecule has 8 N–H and O–H groups in total. The molecule has 23 heavy (non-hydrogen) atoms. The van der Waals surface area contributed by atoms with E-state index < -0.39 is 49.0 Å². The molecule has 0 heterocycles. The first-order valence-corrected chi connectivity index (χ1v) is 7.09. The minimum Gasteiger partial charge on any atom is -0.394 e. The number of hydrogen-bond acceptors (Lipinski definition) is 8. The Morgan fingerprint density at radius 1 is 1.04 bits per heavy atom. The van der Waals surface area contributed by atoms with E-state index in [2.05, 4.69) is 0 Å². The van der Waals surface area contributed by atoms with Crippen LogP contribution in [0.4, 0.5) is 0 Å². The van der Waals surface area contributed by atoms with Gasteiger partial charge in [0.15, 0.2) is 5.78 Å². The fourth-order valence-electron chi connectivity index (χ4n) is 2.05. The zero-order valence-electron chi connectivity index (χ0n) is 13.4. The number of hydrogen-bond donors (Lipinski definition) is 7. The van der Waals surface area contributed by atoms with E-state index in [9.17, 15) is 30.3 Å². The molecule has 0 saturated heterocycles. The fraction of sp³-hybridized carbons (Fsp3) is 0.533. The molecule has 8 nitrogen and oxygen atoms in total. The summed E-state index contributed by atoms with van der Waals surface area (Å²) >= 11 is 0. The van der Waals surface area contributed by atoms with E-state index in [1.165, 1.54) is 0 Å². The maximum Gasteiger partial charge on any atom is 0.180 e. The fourth-order valence-corrected chi connectivity index (χ4v) is 2.05. The summed E-state index contributed by atoms with van der Waals surface area (Å²) in [4.78, 5) is 12.2. The molecule has 130 valence electrons. The Kier molecular flexibility index (Phi) is 7.06. The second kappa shape index (κ2) is 9.04. The van der Waals surface area contributed by atoms with Crippen LogP contribution in [0.5, 0.6) is 0 Å². The third-order valence-corrected chi connectivity index (χ3v) is 3.52. The first-order chi connectivity index (χ1) is 11.3. The van der Waals surface area contributed by atoms with Gasteiger partial charge < -0.3 is 36.4 Å². The van der Waals surface area contributed by atoms with Crippen molar-refractivity contribution in [3.8, 4) is 0 Å². The van der Waals surface area contributed by atoms with Crippen LogP contribution in [0.25, 0.3) is 0 Å². The van der Waals surface area contributed by atoms with Crippen LogP contribution in [0.2, 0.25) is 1.41 Å². The lowest BCUT2D eigenvalue weighted by molar-refractivity contribution is -0.156. The Morgan fingerprint density at radius 3 is 2.17 bits per heavy atom. The van der Waals surface area contributed by atoms with E-state index in [-0.39, 0.29) is 6.42 Å². The highest BCUT2D eigenvalue weighted by Gasteiger charge is 2.38. The van der Waals surface area contributed by atoms with Gasteiger partial charge in [0.25, 0.3) is 0 Å². The number of carbonyl (C=O) groups is 1. The zero-order chi connectivity index (χ0) is 18.3. The van der Waals surface area contributed by atoms with Gasteiger partial charge in [-0.25, -0.2) is 0 Å². The van der Waals surface area contributed by atoms with Crippen LogP contribution < -0.4 is 5.73 Å². The molecule has 1 rings (SSSR count). The van der Waals surface area contributed by atoms with Gasteiger partial charge in [-0.2, -0.15) is 0 Å². The van der Waals surface area contributed by atoms with Crippen LogP contribution in [-0.2, 0) is 11.2 Å². The lowest BCUT2D eigenvalue weighted by Gasteiger charge is -2.28. The SMILES string of the molecule is [2H]N[C@@H](Cc1ccccc1)C(=O)C(O)[C@@H](O)[C@@H](O)[C@H](O)[C@H](O)CO. The molecule has 0 saturated carbocycles. The van der Waals surface area contributed by atoms with Gasteiger partial charge in [0, 0.05) is 0 Å². The molecule has 0 aliphatic carbocycles. The van der Waals surface area contributed by atoms with E-state index in [4.69, 9.17) is 6.52 Å². The number of benzene rings is 1. The summed E-state index contributed by atoms with van der Waals surface area (Å²) in [6.07, 6.45) is -9.87. The van der Waals surface area contributed by atoms with E-state index in [0.29, 0.717) is 5.56 Å². The molecule has 0 bridgehead atoms. The molecule has 0 aliphatic rings. The van der Waals surface area contributed by atoms with Crippen LogP contribution in [-0.4, -0.2) is 79.6 Å². The van der Waals surface area contributed by atoms with E-state index in [0.717, 1.165) is 0 Å². The number of aliphatic hydroxyl groups is 6. The van der Waals surface area contributed by atoms with Crippen LogP contribution in [0.1, 0.15) is 5.56 Å². The Hall–Kier alpha value is -1.39. The van der Waals surface area contributed by atoms with Crippen LogP contribution in [0, 0.1) is 0 Å². The van der Waals surface area contributed by atoms with Gasteiger partial charge in [-0.1, -0.05) is 30.3 Å². The third-order valence-electron chi connectivity index (χ3n) is 3.52. The first kappa shape index (κ1) is 18.0. The first-order valence-electron chi connectivity index (χ1n) is 7.59. The third kappa shape index (κ3) is 5.33. The van der Waals surface area contributed by atoms with E-state index in [1.807, 2.05) is 5.73 Å². The van der Waals surface area contributed by atoms with Gasteiger partial charge in [-0.3, -0.25) is 4.79 Å². The highest BCUT2D eigenvalue weighted by Crippen LogP contribution is 2.12. The number of nitrogens with two attached hydrogens (primary N) is 1. The minimum absolute atomic E-state index is 0.0743. The van der Waals surface area contributed by atoms with Crippen molar-refractivity contribution in [2.45, 2.75) is 43.0 Å². The minimum atomic E-state index is -2.10. The molecule has 0 amide bonds. The molecule has 0 spiro atoms. The van der Waals surface area contributed by atoms with Crippen LogP contribution >= 0.6 is 0 Å². The number of ketones is 1. The predicted molar refractivity (Wildman–Crippen MR) is 80.2 cm³/mol. The smallest absolute Gasteiger partial charge is 0.180 e. The van der Waals surface area contributed by atoms with Crippen LogP contribution in [0.15, 0.2) is 30.3 Å². The molecule has 1 unspecified atom stereocenters. The van der Waals surface area contributed by atoms with Gasteiger partial charge in [-0.05, 0) is 12.0 Å². The highest BCUT2D eigenvalue weighted by molar-refractivity contribution is 5.88. The summed E-state index contributed by atoms with van der Waals surface area (Å²) in [5.74, 6) is -0.953. The average molecular weight is 330 g/mol. The number of rotatable bonds is 10. The van der Waals surface area contributed by atoms with E-state index >= 15 is 0 Å². The summed E-state index contributed by atoms with van der Waals surface area (Å²) in [5, 5.41) is 56.9. The topological polar surface area (TPSA) is 164 Å². The molecule has 8 heteroatoms. The monoisotopic (exact) mass is 330 g/mol. The second-order valence-corrected chi connectivity index (χ2v) is 5.31. The van der Waals surface area contributed by atoms with Gasteiger partial charge in [-0.15, -0.1) is 0 Å².